The Bertz CT molecular complexity index is 208. The predicted molar refractivity (Wildman–Crippen MR) is 66.6 cm³/mol. The molecule has 0 N–H and O–H groups in total. The molecule has 16 heavy (non-hydrogen) atoms. The molecule has 0 aliphatic carbocycles. The summed E-state index contributed by atoms with van der Waals surface area (Å²) in [5, 5.41) is 10.3. The normalized spacial score (nSPS) is 24.1. The van der Waals surface area contributed by atoms with Gasteiger partial charge in [-0.15, -0.1) is 0 Å². The largest absolute Gasteiger partial charge is 0.347 e. The van der Waals surface area contributed by atoms with E-state index in [4.69, 9.17) is 9.47 Å². The van der Waals surface area contributed by atoms with Crippen LogP contribution in [-0.2, 0) is 9.47 Å². The highest BCUT2D eigenvalue weighted by Crippen LogP contribution is 2.22. The van der Waals surface area contributed by atoms with E-state index in [0.29, 0.717) is 0 Å². The molecular weight excluding hydrogens is 298 g/mol. The molecule has 0 aromatic heterocycles. The van der Waals surface area contributed by atoms with Gasteiger partial charge in [-0.2, -0.15) is 11.8 Å². The number of rotatable bonds is 1. The fourth-order valence-corrected chi connectivity index (χ4v) is 2.63. The van der Waals surface area contributed by atoms with Crippen LogP contribution in [0.5, 0.6) is 0 Å². The van der Waals surface area contributed by atoms with Gasteiger partial charge in [-0.3, -0.25) is 10.1 Å². The average molecular weight is 314 g/mol. The summed E-state index contributed by atoms with van der Waals surface area (Å²) in [6.07, 6.45) is 4.41. The van der Waals surface area contributed by atoms with Gasteiger partial charge in [0.1, 0.15) is 20.0 Å². The number of hydrogen-bond donors (Lipinski definition) is 0. The molecule has 0 atom stereocenters. The van der Waals surface area contributed by atoms with Crippen LogP contribution in [0.1, 0.15) is 19.3 Å². The van der Waals surface area contributed by atoms with Crippen molar-refractivity contribution < 1.29 is 14.4 Å². The Kier molecular flexibility index (Phi) is 6.64. The molecule has 0 spiro atoms. The Morgan fingerprint density at radius 3 is 2.00 bits per heavy atom. The summed E-state index contributed by atoms with van der Waals surface area (Å²) in [4.78, 5) is 9.82. The van der Waals surface area contributed by atoms with Crippen molar-refractivity contribution in [2.45, 2.75) is 23.7 Å². The number of alkyl halides is 1. The summed E-state index contributed by atoms with van der Waals surface area (Å²) in [7, 11) is 0. The minimum absolute atomic E-state index is 0.0556. The molecule has 2 heterocycles. The second-order valence-electron chi connectivity index (χ2n) is 3.66. The van der Waals surface area contributed by atoms with Crippen molar-refractivity contribution >= 4 is 27.7 Å². The monoisotopic (exact) mass is 313 g/mol. The van der Waals surface area contributed by atoms with Crippen LogP contribution in [0.3, 0.4) is 0 Å². The highest BCUT2D eigenvalue weighted by atomic mass is 79.9. The quantitative estimate of drug-likeness (QED) is 0.321. The van der Waals surface area contributed by atoms with E-state index in [-0.39, 0.29) is 20.0 Å². The molecular formula is C9H16BrNO4S. The molecule has 2 saturated heterocycles. The lowest BCUT2D eigenvalue weighted by molar-refractivity contribution is -0.552. The van der Waals surface area contributed by atoms with Crippen molar-refractivity contribution in [1.29, 1.82) is 0 Å². The predicted octanol–water partition coefficient (Wildman–Crippen LogP) is 2.26. The molecule has 2 aliphatic heterocycles. The third-order valence-electron chi connectivity index (χ3n) is 2.22. The first-order valence-electron chi connectivity index (χ1n) is 5.22. The molecule has 2 fully saturated rings. The van der Waals surface area contributed by atoms with Crippen LogP contribution in [-0.4, -0.2) is 40.9 Å². The maximum Gasteiger partial charge on any atom is 0.320 e. The van der Waals surface area contributed by atoms with Gasteiger partial charge in [0, 0.05) is 20.9 Å². The average Bonchev–Trinajstić information content (AvgIpc) is 2.33. The van der Waals surface area contributed by atoms with Gasteiger partial charge in [-0.1, -0.05) is 6.42 Å². The summed E-state index contributed by atoms with van der Waals surface area (Å²) < 4.78 is 8.24. The fraction of sp³-hybridized carbons (Fsp3) is 1.00. The van der Waals surface area contributed by atoms with Crippen molar-refractivity contribution in [1.82, 2.24) is 0 Å². The number of nitro groups is 1. The van der Waals surface area contributed by atoms with Crippen molar-refractivity contribution in [3.63, 3.8) is 0 Å². The van der Waals surface area contributed by atoms with E-state index >= 15 is 0 Å². The first-order valence-corrected chi connectivity index (χ1v) is 7.16. The van der Waals surface area contributed by atoms with E-state index in [1.54, 1.807) is 0 Å². The Labute approximate surface area is 108 Å². The molecule has 0 aromatic carbocycles. The first-order chi connectivity index (χ1) is 7.65. The second-order valence-corrected chi connectivity index (χ2v) is 6.36. The van der Waals surface area contributed by atoms with Crippen LogP contribution < -0.4 is 0 Å². The van der Waals surface area contributed by atoms with E-state index in [9.17, 15) is 10.1 Å². The van der Waals surface area contributed by atoms with Crippen molar-refractivity contribution in [3.05, 3.63) is 10.1 Å². The minimum atomic E-state index is -1.23. The maximum atomic E-state index is 10.3. The molecule has 0 unspecified atom stereocenters. The number of nitrogens with zero attached hydrogens (tertiary/aromatic N) is 1. The zero-order valence-electron chi connectivity index (χ0n) is 9.02. The van der Waals surface area contributed by atoms with E-state index in [1.165, 1.54) is 30.8 Å². The van der Waals surface area contributed by atoms with Gasteiger partial charge in [0.25, 0.3) is 0 Å². The molecule has 0 aromatic rings. The van der Waals surface area contributed by atoms with E-state index in [1.807, 2.05) is 0 Å². The zero-order chi connectivity index (χ0) is 11.9. The van der Waals surface area contributed by atoms with Gasteiger partial charge in [0.05, 0.1) is 0 Å². The van der Waals surface area contributed by atoms with Crippen molar-refractivity contribution in [2.75, 3.05) is 31.5 Å². The number of halogens is 1. The fourth-order valence-electron chi connectivity index (χ4n) is 1.29. The number of ether oxygens (including phenoxy) is 2. The molecule has 0 bridgehead atoms. The highest BCUT2D eigenvalue weighted by Gasteiger charge is 2.43. The molecule has 2 rings (SSSR count). The lowest BCUT2D eigenvalue weighted by Crippen LogP contribution is -2.45. The topological polar surface area (TPSA) is 61.6 Å². The third-order valence-corrected chi connectivity index (χ3v) is 4.12. The Balaban J connectivity index is 0.000000181. The first kappa shape index (κ1) is 14.2. The zero-order valence-corrected chi connectivity index (χ0v) is 11.4. The molecule has 2 aliphatic rings. The van der Waals surface area contributed by atoms with E-state index < -0.39 is 9.37 Å². The van der Waals surface area contributed by atoms with E-state index in [2.05, 4.69) is 27.7 Å². The summed E-state index contributed by atoms with van der Waals surface area (Å²) in [6.45, 7) is 0.251. The van der Waals surface area contributed by atoms with Gasteiger partial charge in [-0.05, 0) is 24.3 Å². The Morgan fingerprint density at radius 2 is 1.75 bits per heavy atom. The lowest BCUT2D eigenvalue weighted by atomic mass is 10.3. The third kappa shape index (κ3) is 4.99. The molecule has 94 valence electrons. The Morgan fingerprint density at radius 1 is 1.19 bits per heavy atom. The van der Waals surface area contributed by atoms with Gasteiger partial charge >= 0.3 is 4.45 Å². The Hall–Kier alpha value is 0.150. The molecule has 0 saturated carbocycles. The van der Waals surface area contributed by atoms with Crippen LogP contribution >= 0.6 is 27.7 Å². The molecule has 5 nitrogen and oxygen atoms in total. The second kappa shape index (κ2) is 7.47. The maximum absolute atomic E-state index is 10.3. The standard InChI is InChI=1S/C5H10S.C4H6BrNO4/c1-2-4-6-5-3-1;5-4(6(7)8)1-9-3-10-2-4/h1-5H2;1-3H2. The van der Waals surface area contributed by atoms with Gasteiger partial charge < -0.3 is 9.47 Å². The van der Waals surface area contributed by atoms with Crippen LogP contribution in [0.25, 0.3) is 0 Å². The van der Waals surface area contributed by atoms with Crippen molar-refractivity contribution in [3.8, 4) is 0 Å². The molecule has 0 radical (unpaired) electrons. The number of thioether (sulfide) groups is 1. The smallest absolute Gasteiger partial charge is 0.320 e. The van der Waals surface area contributed by atoms with Gasteiger partial charge in [-0.25, -0.2) is 0 Å². The summed E-state index contributed by atoms with van der Waals surface area (Å²) in [6, 6.07) is 0. The molecule has 0 amide bonds. The highest BCUT2D eigenvalue weighted by molar-refractivity contribution is 9.10. The number of hydrogen-bond acceptors (Lipinski definition) is 5. The minimum Gasteiger partial charge on any atom is -0.347 e. The van der Waals surface area contributed by atoms with Crippen LogP contribution in [0.2, 0.25) is 0 Å². The van der Waals surface area contributed by atoms with E-state index in [0.717, 1.165) is 0 Å². The SMILES string of the molecule is C1CCSCC1.O=[N+]([O-])C1(Br)COCOC1. The van der Waals surface area contributed by atoms with Crippen LogP contribution in [0, 0.1) is 10.1 Å². The van der Waals surface area contributed by atoms with Crippen molar-refractivity contribution in [2.24, 2.45) is 0 Å². The molecule has 7 heteroatoms. The van der Waals surface area contributed by atoms with Crippen LogP contribution in [0.15, 0.2) is 0 Å². The summed E-state index contributed by atoms with van der Waals surface area (Å²) in [5.41, 5.74) is 0. The van der Waals surface area contributed by atoms with Gasteiger partial charge in [0.2, 0.25) is 0 Å². The van der Waals surface area contributed by atoms with Crippen LogP contribution in [0.4, 0.5) is 0 Å². The van der Waals surface area contributed by atoms with Gasteiger partial charge in [0.15, 0.2) is 0 Å². The summed E-state index contributed by atoms with van der Waals surface area (Å²) >= 11 is 5.01. The lowest BCUT2D eigenvalue weighted by Gasteiger charge is -2.23. The summed E-state index contributed by atoms with van der Waals surface area (Å²) in [5.74, 6) is 2.83.